The van der Waals surface area contributed by atoms with E-state index in [1.54, 1.807) is 0 Å². The van der Waals surface area contributed by atoms with E-state index in [4.69, 9.17) is 23.2 Å². The van der Waals surface area contributed by atoms with E-state index in [0.717, 1.165) is 12.5 Å². The van der Waals surface area contributed by atoms with Crippen LogP contribution < -0.4 is 5.32 Å². The monoisotopic (exact) mass is 291 g/mol. The van der Waals surface area contributed by atoms with E-state index in [9.17, 15) is 9.18 Å². The molecule has 1 aromatic rings. The van der Waals surface area contributed by atoms with Gasteiger partial charge < -0.3 is 5.32 Å². The maximum atomic E-state index is 12.9. The summed E-state index contributed by atoms with van der Waals surface area (Å²) < 4.78 is 12.9. The number of halogens is 3. The Morgan fingerprint density at radius 2 is 2.11 bits per heavy atom. The maximum Gasteiger partial charge on any atom is 0.252 e. The van der Waals surface area contributed by atoms with Crippen LogP contribution in [0.1, 0.15) is 30.6 Å². The SMILES string of the molecule is CC(C)(CCCl)CNC(=O)c1ccc(F)cc1Cl. The molecule has 0 bridgehead atoms. The molecule has 5 heteroatoms. The number of amides is 1. The number of hydrogen-bond acceptors (Lipinski definition) is 1. The zero-order valence-corrected chi connectivity index (χ0v) is 11.9. The van der Waals surface area contributed by atoms with Gasteiger partial charge in [0.2, 0.25) is 0 Å². The van der Waals surface area contributed by atoms with Crippen LogP contribution in [0.5, 0.6) is 0 Å². The molecule has 0 aromatic heterocycles. The van der Waals surface area contributed by atoms with Crippen LogP contribution in [-0.2, 0) is 0 Å². The molecule has 0 fully saturated rings. The van der Waals surface area contributed by atoms with Gasteiger partial charge in [0, 0.05) is 12.4 Å². The minimum Gasteiger partial charge on any atom is -0.351 e. The molecular formula is C13H16Cl2FNO. The van der Waals surface area contributed by atoms with Gasteiger partial charge in [-0.1, -0.05) is 25.4 Å². The van der Waals surface area contributed by atoms with E-state index in [2.05, 4.69) is 5.32 Å². The topological polar surface area (TPSA) is 29.1 Å². The molecule has 0 aliphatic rings. The highest BCUT2D eigenvalue weighted by Gasteiger charge is 2.19. The summed E-state index contributed by atoms with van der Waals surface area (Å²) in [6, 6.07) is 3.71. The van der Waals surface area contributed by atoms with Gasteiger partial charge in [0.15, 0.2) is 0 Å². The van der Waals surface area contributed by atoms with Crippen LogP contribution in [0.25, 0.3) is 0 Å². The number of benzene rings is 1. The second-order valence-electron chi connectivity index (χ2n) is 4.91. The molecule has 18 heavy (non-hydrogen) atoms. The third kappa shape index (κ3) is 4.46. The highest BCUT2D eigenvalue weighted by Crippen LogP contribution is 2.21. The normalized spacial score (nSPS) is 11.4. The smallest absolute Gasteiger partial charge is 0.252 e. The molecule has 0 aliphatic heterocycles. The second-order valence-corrected chi connectivity index (χ2v) is 5.70. The maximum absolute atomic E-state index is 12.9. The van der Waals surface area contributed by atoms with Crippen LogP contribution in [0.2, 0.25) is 5.02 Å². The third-order valence-electron chi connectivity index (χ3n) is 2.67. The van der Waals surface area contributed by atoms with E-state index in [0.29, 0.717) is 12.4 Å². The molecule has 100 valence electrons. The Kier molecular flexibility index (Phi) is 5.42. The molecule has 1 aromatic carbocycles. The first-order valence-electron chi connectivity index (χ1n) is 5.65. The van der Waals surface area contributed by atoms with E-state index in [-0.39, 0.29) is 21.9 Å². The van der Waals surface area contributed by atoms with E-state index in [1.807, 2.05) is 13.8 Å². The van der Waals surface area contributed by atoms with Crippen molar-refractivity contribution in [3.05, 3.63) is 34.6 Å². The Morgan fingerprint density at radius 3 is 2.67 bits per heavy atom. The van der Waals surface area contributed by atoms with Crippen molar-refractivity contribution in [1.82, 2.24) is 5.32 Å². The average Bonchev–Trinajstić information content (AvgIpc) is 2.26. The Morgan fingerprint density at radius 1 is 1.44 bits per heavy atom. The molecule has 0 aliphatic carbocycles. The summed E-state index contributed by atoms with van der Waals surface area (Å²) >= 11 is 11.5. The minimum absolute atomic E-state index is 0.0794. The molecule has 1 rings (SSSR count). The van der Waals surface area contributed by atoms with Crippen molar-refractivity contribution in [3.8, 4) is 0 Å². The predicted octanol–water partition coefficient (Wildman–Crippen LogP) is 3.86. The molecule has 0 radical (unpaired) electrons. The number of nitrogens with one attached hydrogen (secondary N) is 1. The molecule has 0 atom stereocenters. The predicted molar refractivity (Wildman–Crippen MR) is 72.9 cm³/mol. The molecular weight excluding hydrogens is 276 g/mol. The summed E-state index contributed by atoms with van der Waals surface area (Å²) in [7, 11) is 0. The summed E-state index contributed by atoms with van der Waals surface area (Å²) in [5.41, 5.74) is 0.198. The Labute approximate surface area is 116 Å². The highest BCUT2D eigenvalue weighted by molar-refractivity contribution is 6.33. The van der Waals surface area contributed by atoms with Gasteiger partial charge in [0.05, 0.1) is 10.6 Å². The van der Waals surface area contributed by atoms with Crippen LogP contribution in [0.4, 0.5) is 4.39 Å². The fraction of sp³-hybridized carbons (Fsp3) is 0.462. The van der Waals surface area contributed by atoms with Crippen molar-refractivity contribution in [2.45, 2.75) is 20.3 Å². The molecule has 0 heterocycles. The summed E-state index contributed by atoms with van der Waals surface area (Å²) in [5.74, 6) is -0.221. The lowest BCUT2D eigenvalue weighted by Gasteiger charge is -2.23. The van der Waals surface area contributed by atoms with Gasteiger partial charge in [-0.15, -0.1) is 11.6 Å². The lowest BCUT2D eigenvalue weighted by Crippen LogP contribution is -2.34. The Bertz CT molecular complexity index is 435. The Balaban J connectivity index is 2.66. The fourth-order valence-corrected chi connectivity index (χ4v) is 2.20. The number of carbonyl (C=O) groups is 1. The second kappa shape index (κ2) is 6.39. The quantitative estimate of drug-likeness (QED) is 0.820. The number of alkyl halides is 1. The van der Waals surface area contributed by atoms with E-state index in [1.165, 1.54) is 12.1 Å². The molecule has 1 N–H and O–H groups in total. The Hall–Kier alpha value is -0.800. The fourth-order valence-electron chi connectivity index (χ4n) is 1.43. The summed E-state index contributed by atoms with van der Waals surface area (Å²) in [6.07, 6.45) is 0.798. The van der Waals surface area contributed by atoms with Crippen molar-refractivity contribution in [3.63, 3.8) is 0 Å². The molecule has 0 saturated carbocycles. The molecule has 1 amide bonds. The van der Waals surface area contributed by atoms with Crippen LogP contribution in [0, 0.1) is 11.2 Å². The van der Waals surface area contributed by atoms with Crippen molar-refractivity contribution < 1.29 is 9.18 Å². The van der Waals surface area contributed by atoms with E-state index < -0.39 is 5.82 Å². The summed E-state index contributed by atoms with van der Waals surface area (Å²) in [6.45, 7) is 4.52. The lowest BCUT2D eigenvalue weighted by molar-refractivity contribution is 0.0936. The summed E-state index contributed by atoms with van der Waals surface area (Å²) in [5, 5.41) is 2.89. The van der Waals surface area contributed by atoms with Crippen molar-refractivity contribution >= 4 is 29.1 Å². The molecule has 2 nitrogen and oxygen atoms in total. The summed E-state index contributed by atoms with van der Waals surface area (Å²) in [4.78, 5) is 11.9. The van der Waals surface area contributed by atoms with E-state index >= 15 is 0 Å². The van der Waals surface area contributed by atoms with Gasteiger partial charge in [-0.3, -0.25) is 4.79 Å². The number of rotatable bonds is 5. The molecule has 0 unspecified atom stereocenters. The highest BCUT2D eigenvalue weighted by atomic mass is 35.5. The molecule has 0 saturated heterocycles. The van der Waals surface area contributed by atoms with Gasteiger partial charge in [-0.2, -0.15) is 0 Å². The van der Waals surface area contributed by atoms with Crippen LogP contribution in [-0.4, -0.2) is 18.3 Å². The van der Waals surface area contributed by atoms with Crippen LogP contribution >= 0.6 is 23.2 Å². The first-order chi connectivity index (χ1) is 8.35. The van der Waals surface area contributed by atoms with Gasteiger partial charge in [0.25, 0.3) is 5.91 Å². The van der Waals surface area contributed by atoms with Gasteiger partial charge in [-0.05, 0) is 30.0 Å². The zero-order valence-electron chi connectivity index (χ0n) is 10.4. The van der Waals surface area contributed by atoms with Crippen molar-refractivity contribution in [1.29, 1.82) is 0 Å². The zero-order chi connectivity index (χ0) is 13.8. The third-order valence-corrected chi connectivity index (χ3v) is 3.18. The lowest BCUT2D eigenvalue weighted by atomic mass is 9.90. The van der Waals surface area contributed by atoms with Crippen molar-refractivity contribution in [2.75, 3.05) is 12.4 Å². The molecule has 0 spiro atoms. The minimum atomic E-state index is -0.459. The average molecular weight is 292 g/mol. The van der Waals surface area contributed by atoms with Crippen molar-refractivity contribution in [2.24, 2.45) is 5.41 Å². The number of carbonyl (C=O) groups excluding carboxylic acids is 1. The van der Waals surface area contributed by atoms with Gasteiger partial charge in [0.1, 0.15) is 5.82 Å². The van der Waals surface area contributed by atoms with Gasteiger partial charge in [-0.25, -0.2) is 4.39 Å². The first kappa shape index (κ1) is 15.3. The standard InChI is InChI=1S/C13H16Cl2FNO/c1-13(2,5-6-14)8-17-12(18)10-4-3-9(16)7-11(10)15/h3-4,7H,5-6,8H2,1-2H3,(H,17,18). The van der Waals surface area contributed by atoms with Crippen LogP contribution in [0.3, 0.4) is 0 Å². The van der Waals surface area contributed by atoms with Gasteiger partial charge >= 0.3 is 0 Å². The number of hydrogen-bond donors (Lipinski definition) is 1. The largest absolute Gasteiger partial charge is 0.351 e. The van der Waals surface area contributed by atoms with Crippen LogP contribution in [0.15, 0.2) is 18.2 Å². The first-order valence-corrected chi connectivity index (χ1v) is 6.56.